The fourth-order valence-corrected chi connectivity index (χ4v) is 5.67. The van der Waals surface area contributed by atoms with Crippen LogP contribution in [-0.4, -0.2) is 0 Å². The van der Waals surface area contributed by atoms with Crippen LogP contribution in [0.2, 0.25) is 0 Å². The molecule has 0 aromatic heterocycles. The second-order valence-corrected chi connectivity index (χ2v) is 9.89. The van der Waals surface area contributed by atoms with Crippen LogP contribution in [0, 0.1) is 47.1 Å². The molecule has 3 rings (SSSR count). The predicted molar refractivity (Wildman–Crippen MR) is 122 cm³/mol. The van der Waals surface area contributed by atoms with Crippen molar-refractivity contribution in [1.29, 1.82) is 0 Å². The van der Waals surface area contributed by atoms with Gasteiger partial charge in [0.05, 0.1) is 0 Å². The molecule has 1 aromatic rings. The van der Waals surface area contributed by atoms with Gasteiger partial charge < -0.3 is 0 Å². The van der Waals surface area contributed by atoms with Crippen LogP contribution in [0.15, 0.2) is 24.3 Å². The molecule has 0 heterocycles. The number of hydrogen-bond donors (Lipinski definition) is 0. The molecular formula is C28H35F5. The van der Waals surface area contributed by atoms with Crippen molar-refractivity contribution in [1.82, 2.24) is 0 Å². The second kappa shape index (κ2) is 12.0. The normalized spacial score (nSPS) is 26.2. The van der Waals surface area contributed by atoms with Gasteiger partial charge in [0.2, 0.25) is 0 Å². The SMILES string of the molecule is CCCCC[C@H]1CC[C@H](C2CCC(/C=C/C#Cc3cc(F)c(C(F)(F)F)c(F)c3)CC2)CC1. The molecule has 2 aliphatic rings. The van der Waals surface area contributed by atoms with Crippen LogP contribution in [-0.2, 0) is 6.18 Å². The quantitative estimate of drug-likeness (QED) is 0.223. The van der Waals surface area contributed by atoms with E-state index in [9.17, 15) is 22.0 Å². The molecule has 0 bridgehead atoms. The molecule has 0 N–H and O–H groups in total. The van der Waals surface area contributed by atoms with Crippen LogP contribution in [0.4, 0.5) is 22.0 Å². The molecule has 5 heteroatoms. The second-order valence-electron chi connectivity index (χ2n) is 9.89. The Kier molecular flexibility index (Phi) is 9.41. The van der Waals surface area contributed by atoms with Crippen molar-refractivity contribution in [2.24, 2.45) is 23.7 Å². The Balaban J connectivity index is 1.43. The van der Waals surface area contributed by atoms with Crippen molar-refractivity contribution >= 4 is 0 Å². The van der Waals surface area contributed by atoms with Gasteiger partial charge in [0.25, 0.3) is 0 Å². The van der Waals surface area contributed by atoms with E-state index in [1.165, 1.54) is 64.2 Å². The Morgan fingerprint density at radius 1 is 0.879 bits per heavy atom. The van der Waals surface area contributed by atoms with E-state index in [0.717, 1.165) is 30.6 Å². The predicted octanol–water partition coefficient (Wildman–Crippen LogP) is 9.08. The zero-order valence-corrected chi connectivity index (χ0v) is 19.5. The largest absolute Gasteiger partial charge is 0.422 e. The maximum absolute atomic E-state index is 13.6. The van der Waals surface area contributed by atoms with Crippen LogP contribution in [0.25, 0.3) is 0 Å². The smallest absolute Gasteiger partial charge is 0.206 e. The molecule has 2 aliphatic carbocycles. The van der Waals surface area contributed by atoms with Gasteiger partial charge >= 0.3 is 6.18 Å². The number of hydrogen-bond acceptors (Lipinski definition) is 0. The Hall–Kier alpha value is -1.83. The highest BCUT2D eigenvalue weighted by Gasteiger charge is 2.37. The molecule has 0 aliphatic heterocycles. The van der Waals surface area contributed by atoms with Crippen LogP contribution in [0.3, 0.4) is 0 Å². The van der Waals surface area contributed by atoms with Crippen molar-refractivity contribution in [3.63, 3.8) is 0 Å². The summed E-state index contributed by atoms with van der Waals surface area (Å²) < 4.78 is 65.2. The van der Waals surface area contributed by atoms with Gasteiger partial charge in [-0.3, -0.25) is 0 Å². The molecule has 2 saturated carbocycles. The summed E-state index contributed by atoms with van der Waals surface area (Å²) in [5, 5.41) is 0. The third-order valence-electron chi connectivity index (χ3n) is 7.58. The molecule has 33 heavy (non-hydrogen) atoms. The zero-order valence-electron chi connectivity index (χ0n) is 19.5. The standard InChI is InChI=1S/C28H35F5/c1-2-3-4-7-20-10-14-23(15-11-20)24-16-12-21(13-17-24)8-5-6-9-22-18-25(29)27(26(30)19-22)28(31,32)33/h5,8,18-21,23-24H,2-4,7,10-17H2,1H3/b8-5+/t20-,21?,23-,24?. The molecule has 182 valence electrons. The van der Waals surface area contributed by atoms with Gasteiger partial charge in [-0.1, -0.05) is 63.4 Å². The van der Waals surface area contributed by atoms with E-state index in [1.54, 1.807) is 6.08 Å². The molecule has 0 nitrogen and oxygen atoms in total. The van der Waals surface area contributed by atoms with Crippen LogP contribution in [0.1, 0.15) is 95.1 Å². The molecule has 0 unspecified atom stereocenters. The first-order valence-corrected chi connectivity index (χ1v) is 12.5. The van der Waals surface area contributed by atoms with E-state index in [2.05, 4.69) is 18.8 Å². The topological polar surface area (TPSA) is 0 Å². The lowest BCUT2D eigenvalue weighted by molar-refractivity contribution is -0.142. The Bertz CT molecular complexity index is 818. The maximum Gasteiger partial charge on any atom is 0.422 e. The zero-order chi connectivity index (χ0) is 23.8. The highest BCUT2D eigenvalue weighted by atomic mass is 19.4. The highest BCUT2D eigenvalue weighted by molar-refractivity contribution is 5.40. The summed E-state index contributed by atoms with van der Waals surface area (Å²) in [5.74, 6) is 5.08. The average molecular weight is 467 g/mol. The Morgan fingerprint density at radius 3 is 2.00 bits per heavy atom. The minimum atomic E-state index is -5.06. The summed E-state index contributed by atoms with van der Waals surface area (Å²) in [6.07, 6.45) is 14.4. The van der Waals surface area contributed by atoms with E-state index in [-0.39, 0.29) is 5.56 Å². The van der Waals surface area contributed by atoms with E-state index in [4.69, 9.17) is 0 Å². The van der Waals surface area contributed by atoms with E-state index in [1.807, 2.05) is 6.08 Å². The molecule has 2 fully saturated rings. The summed E-state index contributed by atoms with van der Waals surface area (Å²) in [6.45, 7) is 2.26. The van der Waals surface area contributed by atoms with Crippen LogP contribution >= 0.6 is 0 Å². The highest BCUT2D eigenvalue weighted by Crippen LogP contribution is 2.42. The van der Waals surface area contributed by atoms with E-state index >= 15 is 0 Å². The third-order valence-corrected chi connectivity index (χ3v) is 7.58. The number of allylic oxidation sites excluding steroid dienone is 2. The van der Waals surface area contributed by atoms with Gasteiger partial charge in [-0.25, -0.2) is 8.78 Å². The number of alkyl halides is 3. The lowest BCUT2D eigenvalue weighted by Crippen LogP contribution is -2.25. The summed E-state index contributed by atoms with van der Waals surface area (Å²) in [6, 6.07) is 1.27. The van der Waals surface area contributed by atoms with Gasteiger partial charge in [-0.2, -0.15) is 13.2 Å². The first-order chi connectivity index (χ1) is 15.8. The van der Waals surface area contributed by atoms with Crippen molar-refractivity contribution < 1.29 is 22.0 Å². The Labute approximate surface area is 195 Å². The lowest BCUT2D eigenvalue weighted by atomic mass is 9.68. The van der Waals surface area contributed by atoms with Crippen molar-refractivity contribution in [3.05, 3.63) is 47.0 Å². The van der Waals surface area contributed by atoms with Crippen molar-refractivity contribution in [3.8, 4) is 11.8 Å². The molecule has 0 amide bonds. The Morgan fingerprint density at radius 2 is 1.45 bits per heavy atom. The lowest BCUT2D eigenvalue weighted by Gasteiger charge is -2.37. The molecular weight excluding hydrogens is 431 g/mol. The number of halogens is 5. The summed E-state index contributed by atoms with van der Waals surface area (Å²) in [4.78, 5) is 0. The van der Waals surface area contributed by atoms with Crippen LogP contribution in [0.5, 0.6) is 0 Å². The summed E-state index contributed by atoms with van der Waals surface area (Å²) in [5.41, 5.74) is -1.97. The van der Waals surface area contributed by atoms with E-state index < -0.39 is 23.4 Å². The maximum atomic E-state index is 13.6. The van der Waals surface area contributed by atoms with Crippen LogP contribution < -0.4 is 0 Å². The molecule has 0 radical (unpaired) electrons. The molecule has 0 atom stereocenters. The van der Waals surface area contributed by atoms with E-state index in [0.29, 0.717) is 18.1 Å². The molecule has 1 aromatic carbocycles. The third kappa shape index (κ3) is 7.59. The monoisotopic (exact) mass is 466 g/mol. The fourth-order valence-electron chi connectivity index (χ4n) is 5.67. The number of benzene rings is 1. The fraction of sp³-hybridized carbons (Fsp3) is 0.643. The summed E-state index contributed by atoms with van der Waals surface area (Å²) >= 11 is 0. The summed E-state index contributed by atoms with van der Waals surface area (Å²) in [7, 11) is 0. The minimum absolute atomic E-state index is 0.100. The van der Waals surface area contributed by atoms with Crippen molar-refractivity contribution in [2.45, 2.75) is 90.1 Å². The van der Waals surface area contributed by atoms with Gasteiger partial charge in [0, 0.05) is 5.56 Å². The van der Waals surface area contributed by atoms with Gasteiger partial charge in [-0.05, 0) is 80.4 Å². The van der Waals surface area contributed by atoms with Crippen molar-refractivity contribution in [2.75, 3.05) is 0 Å². The van der Waals surface area contributed by atoms with Gasteiger partial charge in [0.1, 0.15) is 17.2 Å². The van der Waals surface area contributed by atoms with Gasteiger partial charge in [0.15, 0.2) is 0 Å². The molecule has 0 saturated heterocycles. The molecule has 0 spiro atoms. The number of unbranched alkanes of at least 4 members (excludes halogenated alkanes) is 2. The number of rotatable bonds is 6. The minimum Gasteiger partial charge on any atom is -0.206 e. The first kappa shape index (κ1) is 25.8. The average Bonchev–Trinajstić information content (AvgIpc) is 2.76. The van der Waals surface area contributed by atoms with Gasteiger partial charge in [-0.15, -0.1) is 0 Å². The first-order valence-electron chi connectivity index (χ1n) is 12.5.